The molecule has 2 rings (SSSR count). The summed E-state index contributed by atoms with van der Waals surface area (Å²) in [5.41, 5.74) is 1.87. The number of aryl methyl sites for hydroxylation is 1. The van der Waals surface area contributed by atoms with E-state index < -0.39 is 17.9 Å². The number of carboxylic acid groups (broad SMARTS) is 1. The highest BCUT2D eigenvalue weighted by Crippen LogP contribution is 2.20. The van der Waals surface area contributed by atoms with E-state index in [1.54, 1.807) is 42.5 Å². The van der Waals surface area contributed by atoms with Gasteiger partial charge in [0.05, 0.1) is 5.56 Å². The minimum Gasteiger partial charge on any atom is -0.479 e. The lowest BCUT2D eigenvalue weighted by molar-refractivity contribution is -0.139. The van der Waals surface area contributed by atoms with Crippen molar-refractivity contribution in [3.8, 4) is 0 Å². The monoisotopic (exact) mass is 347 g/mol. The molecule has 0 fully saturated rings. The first-order valence-corrected chi connectivity index (χ1v) is 7.13. The molecule has 4 nitrogen and oxygen atoms in total. The van der Waals surface area contributed by atoms with Gasteiger partial charge in [-0.05, 0) is 40.5 Å². The van der Waals surface area contributed by atoms with E-state index in [-0.39, 0.29) is 0 Å². The predicted molar refractivity (Wildman–Crippen MR) is 83.2 cm³/mol. The van der Waals surface area contributed by atoms with Crippen LogP contribution in [0, 0.1) is 6.92 Å². The number of aliphatic carboxylic acids is 1. The number of carbonyl (C=O) groups is 2. The van der Waals surface area contributed by atoms with E-state index in [0.717, 1.165) is 5.56 Å². The topological polar surface area (TPSA) is 66.4 Å². The number of amides is 1. The fourth-order valence-corrected chi connectivity index (χ4v) is 2.38. The Morgan fingerprint density at radius 2 is 1.81 bits per heavy atom. The first kappa shape index (κ1) is 15.3. The van der Waals surface area contributed by atoms with Crippen molar-refractivity contribution in [1.82, 2.24) is 5.32 Å². The van der Waals surface area contributed by atoms with Crippen LogP contribution in [0.3, 0.4) is 0 Å². The highest BCUT2D eigenvalue weighted by atomic mass is 79.9. The minimum atomic E-state index is -1.10. The molecule has 2 aromatic rings. The van der Waals surface area contributed by atoms with Crippen molar-refractivity contribution >= 4 is 27.8 Å². The summed E-state index contributed by atoms with van der Waals surface area (Å²) in [6, 6.07) is 12.9. The van der Waals surface area contributed by atoms with Crippen molar-refractivity contribution in [3.63, 3.8) is 0 Å². The zero-order valence-corrected chi connectivity index (χ0v) is 12.9. The molecule has 108 valence electrons. The maximum Gasteiger partial charge on any atom is 0.330 e. The summed E-state index contributed by atoms with van der Waals surface area (Å²) in [5.74, 6) is -1.53. The number of hydrogen-bond acceptors (Lipinski definition) is 2. The van der Waals surface area contributed by atoms with Crippen LogP contribution in [0.1, 0.15) is 27.5 Å². The third kappa shape index (κ3) is 3.70. The van der Waals surface area contributed by atoms with Gasteiger partial charge in [0.1, 0.15) is 0 Å². The number of carboxylic acids is 1. The van der Waals surface area contributed by atoms with Gasteiger partial charge >= 0.3 is 5.97 Å². The molecule has 0 aromatic heterocycles. The Balaban J connectivity index is 2.27. The van der Waals surface area contributed by atoms with Gasteiger partial charge in [-0.25, -0.2) is 4.79 Å². The lowest BCUT2D eigenvalue weighted by Crippen LogP contribution is -2.33. The molecule has 1 unspecified atom stereocenters. The maximum atomic E-state index is 12.3. The zero-order valence-electron chi connectivity index (χ0n) is 11.3. The van der Waals surface area contributed by atoms with Gasteiger partial charge in [-0.2, -0.15) is 0 Å². The number of benzene rings is 2. The van der Waals surface area contributed by atoms with Crippen molar-refractivity contribution in [2.75, 3.05) is 0 Å². The molecular weight excluding hydrogens is 334 g/mol. The standard InChI is InChI=1S/C16H14BrNO3/c1-10-7-8-13(17)12(9-10)15(19)18-14(16(20)21)11-5-3-2-4-6-11/h2-9,14H,1H3,(H,18,19)(H,20,21). The molecule has 0 radical (unpaired) electrons. The fourth-order valence-electron chi connectivity index (χ4n) is 1.96. The van der Waals surface area contributed by atoms with Crippen LogP contribution in [0.25, 0.3) is 0 Å². The van der Waals surface area contributed by atoms with Crippen LogP contribution in [0.2, 0.25) is 0 Å². The molecule has 1 atom stereocenters. The molecular formula is C16H14BrNO3. The average molecular weight is 348 g/mol. The van der Waals surface area contributed by atoms with Crippen LogP contribution in [0.4, 0.5) is 0 Å². The molecule has 0 spiro atoms. The van der Waals surface area contributed by atoms with Crippen LogP contribution < -0.4 is 5.32 Å². The smallest absolute Gasteiger partial charge is 0.330 e. The van der Waals surface area contributed by atoms with Gasteiger partial charge in [-0.15, -0.1) is 0 Å². The third-order valence-corrected chi connectivity index (χ3v) is 3.71. The largest absolute Gasteiger partial charge is 0.479 e. The van der Waals surface area contributed by atoms with Gasteiger partial charge in [0.2, 0.25) is 0 Å². The number of halogens is 1. The lowest BCUT2D eigenvalue weighted by Gasteiger charge is -2.15. The molecule has 0 heterocycles. The predicted octanol–water partition coefficient (Wildman–Crippen LogP) is 3.31. The Kier molecular flexibility index (Phi) is 4.75. The second-order valence-electron chi connectivity index (χ2n) is 4.64. The summed E-state index contributed by atoms with van der Waals surface area (Å²) in [6.45, 7) is 1.87. The fraction of sp³-hybridized carbons (Fsp3) is 0.125. The SMILES string of the molecule is Cc1ccc(Br)c(C(=O)NC(C(=O)O)c2ccccc2)c1. The van der Waals surface area contributed by atoms with Crippen molar-refractivity contribution in [1.29, 1.82) is 0 Å². The minimum absolute atomic E-state index is 0.414. The van der Waals surface area contributed by atoms with E-state index in [4.69, 9.17) is 0 Å². The van der Waals surface area contributed by atoms with Crippen LogP contribution in [0.5, 0.6) is 0 Å². The van der Waals surface area contributed by atoms with Crippen LogP contribution in [0.15, 0.2) is 53.0 Å². The molecule has 21 heavy (non-hydrogen) atoms. The van der Waals surface area contributed by atoms with E-state index >= 15 is 0 Å². The van der Waals surface area contributed by atoms with Crippen molar-refractivity contribution in [2.24, 2.45) is 0 Å². The van der Waals surface area contributed by atoms with Gasteiger partial charge in [0, 0.05) is 4.47 Å². The third-order valence-electron chi connectivity index (χ3n) is 3.02. The Labute approximate surface area is 130 Å². The summed E-state index contributed by atoms with van der Waals surface area (Å²) >= 11 is 3.31. The van der Waals surface area contributed by atoms with Gasteiger partial charge < -0.3 is 10.4 Å². The maximum absolute atomic E-state index is 12.3. The van der Waals surface area contributed by atoms with Crippen molar-refractivity contribution in [2.45, 2.75) is 13.0 Å². The highest BCUT2D eigenvalue weighted by molar-refractivity contribution is 9.10. The average Bonchev–Trinajstić information content (AvgIpc) is 2.47. The Hall–Kier alpha value is -2.14. The molecule has 0 aliphatic rings. The number of nitrogens with one attached hydrogen (secondary N) is 1. The first-order valence-electron chi connectivity index (χ1n) is 6.34. The molecule has 0 aliphatic heterocycles. The van der Waals surface area contributed by atoms with E-state index in [0.29, 0.717) is 15.6 Å². The summed E-state index contributed by atoms with van der Waals surface area (Å²) in [5, 5.41) is 11.9. The van der Waals surface area contributed by atoms with Gasteiger partial charge in [0.25, 0.3) is 5.91 Å². The van der Waals surface area contributed by atoms with Gasteiger partial charge in [0.15, 0.2) is 6.04 Å². The van der Waals surface area contributed by atoms with Gasteiger partial charge in [-0.1, -0.05) is 42.0 Å². The van der Waals surface area contributed by atoms with E-state index in [9.17, 15) is 14.7 Å². The molecule has 0 bridgehead atoms. The number of hydrogen-bond donors (Lipinski definition) is 2. The van der Waals surface area contributed by atoms with Crippen LogP contribution in [-0.2, 0) is 4.79 Å². The van der Waals surface area contributed by atoms with Crippen LogP contribution in [-0.4, -0.2) is 17.0 Å². The second kappa shape index (κ2) is 6.54. The lowest BCUT2D eigenvalue weighted by atomic mass is 10.1. The first-order chi connectivity index (χ1) is 9.99. The Morgan fingerprint density at radius 3 is 2.43 bits per heavy atom. The highest BCUT2D eigenvalue weighted by Gasteiger charge is 2.23. The van der Waals surface area contributed by atoms with E-state index in [1.165, 1.54) is 0 Å². The van der Waals surface area contributed by atoms with Crippen molar-refractivity contribution in [3.05, 3.63) is 69.7 Å². The van der Waals surface area contributed by atoms with Crippen molar-refractivity contribution < 1.29 is 14.7 Å². The van der Waals surface area contributed by atoms with E-state index in [2.05, 4.69) is 21.2 Å². The molecule has 5 heteroatoms. The summed E-state index contributed by atoms with van der Waals surface area (Å²) in [4.78, 5) is 23.7. The Bertz CT molecular complexity index is 670. The molecule has 2 aromatic carbocycles. The summed E-state index contributed by atoms with van der Waals surface area (Å²) in [6.07, 6.45) is 0. The Morgan fingerprint density at radius 1 is 1.14 bits per heavy atom. The zero-order chi connectivity index (χ0) is 15.4. The number of carbonyl (C=O) groups excluding carboxylic acids is 1. The van der Waals surface area contributed by atoms with Crippen LogP contribution >= 0.6 is 15.9 Å². The van der Waals surface area contributed by atoms with Gasteiger partial charge in [-0.3, -0.25) is 4.79 Å². The molecule has 1 amide bonds. The molecule has 0 saturated carbocycles. The molecule has 0 aliphatic carbocycles. The quantitative estimate of drug-likeness (QED) is 0.891. The summed E-state index contributed by atoms with van der Waals surface area (Å²) < 4.78 is 0.628. The number of rotatable bonds is 4. The molecule has 2 N–H and O–H groups in total. The molecule has 0 saturated heterocycles. The second-order valence-corrected chi connectivity index (χ2v) is 5.49. The normalized spacial score (nSPS) is 11.7. The van der Waals surface area contributed by atoms with E-state index in [1.807, 2.05) is 13.0 Å². The summed E-state index contributed by atoms with van der Waals surface area (Å²) in [7, 11) is 0.